The average molecular weight is 367 g/mol. The maximum absolute atomic E-state index is 14.2. The van der Waals surface area contributed by atoms with Gasteiger partial charge in [-0.2, -0.15) is 0 Å². The summed E-state index contributed by atoms with van der Waals surface area (Å²) < 4.78 is 14.2. The van der Waals surface area contributed by atoms with Gasteiger partial charge >= 0.3 is 0 Å². The Morgan fingerprint density at radius 2 is 2.07 bits per heavy atom. The maximum Gasteiger partial charge on any atom is 0.261 e. The highest BCUT2D eigenvalue weighted by Crippen LogP contribution is 2.30. The minimum Gasteiger partial charge on any atom is -0.397 e. The van der Waals surface area contributed by atoms with Crippen molar-refractivity contribution in [2.24, 2.45) is 0 Å². The lowest BCUT2D eigenvalue weighted by molar-refractivity contribution is -0.623. The smallest absolute Gasteiger partial charge is 0.261 e. The van der Waals surface area contributed by atoms with E-state index in [1.807, 2.05) is 25.2 Å². The Bertz CT molecular complexity index is 1200. The topological polar surface area (TPSA) is 116 Å². The highest BCUT2D eigenvalue weighted by atomic mass is 19.1. The number of aromatic nitrogens is 3. The molecular weight excluding hydrogens is 347 g/mol. The number of likely N-dealkylation sites (N-methyl/N-ethyl adjacent to an activating group) is 1. The van der Waals surface area contributed by atoms with Crippen LogP contribution in [-0.4, -0.2) is 35.1 Å². The number of anilines is 2. The van der Waals surface area contributed by atoms with Crippen LogP contribution in [0.1, 0.15) is 0 Å². The average Bonchev–Trinajstić information content (AvgIpc) is 3.04. The molecular formula is C19H20FN6O+. The molecule has 0 saturated heterocycles. The molecule has 7 nitrogen and oxygen atoms in total. The number of nitrogen functional groups attached to an aromatic ring is 1. The van der Waals surface area contributed by atoms with E-state index < -0.39 is 11.4 Å². The van der Waals surface area contributed by atoms with Crippen molar-refractivity contribution in [2.45, 2.75) is 0 Å². The number of quaternary nitrogens is 1. The molecule has 2 heterocycles. The predicted octanol–water partition coefficient (Wildman–Crippen LogP) is 1.40. The first-order chi connectivity index (χ1) is 13.1. The zero-order valence-electron chi connectivity index (χ0n) is 14.8. The molecule has 0 amide bonds. The van der Waals surface area contributed by atoms with Crippen molar-refractivity contribution in [3.05, 3.63) is 52.6 Å². The Balaban J connectivity index is 1.82. The third-order valence-corrected chi connectivity index (χ3v) is 4.51. The summed E-state index contributed by atoms with van der Waals surface area (Å²) in [5.74, 6) is -0.175. The van der Waals surface area contributed by atoms with Crippen LogP contribution in [0.15, 0.2) is 41.2 Å². The molecule has 0 bridgehead atoms. The van der Waals surface area contributed by atoms with E-state index in [2.05, 4.69) is 25.6 Å². The summed E-state index contributed by atoms with van der Waals surface area (Å²) in [6, 6.07) is 10.2. The summed E-state index contributed by atoms with van der Waals surface area (Å²) in [5, 5.41) is 5.60. The minimum atomic E-state index is -0.488. The Kier molecular flexibility index (Phi) is 4.25. The molecule has 7 N–H and O–H groups in total. The van der Waals surface area contributed by atoms with Crippen LogP contribution < -0.4 is 21.9 Å². The van der Waals surface area contributed by atoms with Crippen LogP contribution in [0.5, 0.6) is 0 Å². The van der Waals surface area contributed by atoms with Gasteiger partial charge in [-0.25, -0.2) is 9.37 Å². The van der Waals surface area contributed by atoms with E-state index in [0.29, 0.717) is 16.9 Å². The van der Waals surface area contributed by atoms with Crippen molar-refractivity contribution < 1.29 is 9.71 Å². The molecule has 0 unspecified atom stereocenters. The van der Waals surface area contributed by atoms with E-state index in [0.717, 1.165) is 24.3 Å². The SMILES string of the molecule is C[NH2+]CCNc1ccc2nc(-c3c(N)c4c(F)cccc4[nH]c3=O)[nH]c2c1. The molecule has 2 aromatic heterocycles. The molecule has 0 saturated carbocycles. The van der Waals surface area contributed by atoms with Crippen LogP contribution in [0.3, 0.4) is 0 Å². The van der Waals surface area contributed by atoms with Crippen molar-refractivity contribution in [3.8, 4) is 11.4 Å². The lowest BCUT2D eigenvalue weighted by Crippen LogP contribution is -2.81. The first-order valence-corrected chi connectivity index (χ1v) is 8.70. The fraction of sp³-hybridized carbons (Fsp3) is 0.158. The Hall–Kier alpha value is -3.39. The van der Waals surface area contributed by atoms with Crippen LogP contribution in [0, 0.1) is 5.82 Å². The van der Waals surface area contributed by atoms with Crippen molar-refractivity contribution in [1.29, 1.82) is 0 Å². The largest absolute Gasteiger partial charge is 0.397 e. The van der Waals surface area contributed by atoms with Crippen molar-refractivity contribution in [1.82, 2.24) is 15.0 Å². The summed E-state index contributed by atoms with van der Waals surface area (Å²) in [4.78, 5) is 22.8. The van der Waals surface area contributed by atoms with Crippen LogP contribution in [0.4, 0.5) is 15.8 Å². The number of nitrogens with two attached hydrogens (primary N) is 2. The number of nitrogens with one attached hydrogen (secondary N) is 3. The van der Waals surface area contributed by atoms with Crippen molar-refractivity contribution in [2.75, 3.05) is 31.2 Å². The highest BCUT2D eigenvalue weighted by Gasteiger charge is 2.18. The number of pyridine rings is 1. The second kappa shape index (κ2) is 6.73. The Morgan fingerprint density at radius 3 is 2.89 bits per heavy atom. The third-order valence-electron chi connectivity index (χ3n) is 4.51. The van der Waals surface area contributed by atoms with Gasteiger partial charge in [-0.3, -0.25) is 4.79 Å². The van der Waals surface area contributed by atoms with Gasteiger partial charge in [-0.1, -0.05) is 6.07 Å². The molecule has 8 heteroatoms. The number of hydrogen-bond donors (Lipinski definition) is 5. The fourth-order valence-corrected chi connectivity index (χ4v) is 3.17. The lowest BCUT2D eigenvalue weighted by atomic mass is 10.1. The van der Waals surface area contributed by atoms with Gasteiger partial charge in [-0.05, 0) is 30.3 Å². The van der Waals surface area contributed by atoms with Gasteiger partial charge in [0.2, 0.25) is 0 Å². The van der Waals surface area contributed by atoms with E-state index in [1.165, 1.54) is 12.1 Å². The number of imidazole rings is 1. The summed E-state index contributed by atoms with van der Waals surface area (Å²) in [7, 11) is 2.01. The number of benzene rings is 2. The molecule has 2 aromatic carbocycles. The van der Waals surface area contributed by atoms with Crippen LogP contribution in [-0.2, 0) is 0 Å². The van der Waals surface area contributed by atoms with Gasteiger partial charge in [-0.15, -0.1) is 0 Å². The number of fused-ring (bicyclic) bond motifs is 2. The number of hydrogen-bond acceptors (Lipinski definition) is 4. The molecule has 27 heavy (non-hydrogen) atoms. The zero-order chi connectivity index (χ0) is 19.0. The maximum atomic E-state index is 14.2. The van der Waals surface area contributed by atoms with E-state index in [-0.39, 0.29) is 16.6 Å². The number of rotatable bonds is 5. The fourth-order valence-electron chi connectivity index (χ4n) is 3.17. The molecule has 0 atom stereocenters. The van der Waals surface area contributed by atoms with E-state index in [9.17, 15) is 9.18 Å². The summed E-state index contributed by atoms with van der Waals surface area (Å²) in [5.41, 5.74) is 8.72. The number of H-pyrrole nitrogens is 2. The van der Waals surface area contributed by atoms with E-state index in [4.69, 9.17) is 5.73 Å². The zero-order valence-corrected chi connectivity index (χ0v) is 14.8. The van der Waals surface area contributed by atoms with Gasteiger partial charge in [0.05, 0.1) is 47.8 Å². The van der Waals surface area contributed by atoms with Gasteiger partial charge < -0.3 is 26.3 Å². The molecule has 0 aliphatic heterocycles. The van der Waals surface area contributed by atoms with Gasteiger partial charge in [0.25, 0.3) is 5.56 Å². The van der Waals surface area contributed by atoms with Gasteiger partial charge in [0.15, 0.2) is 0 Å². The number of aromatic amines is 2. The molecule has 4 aromatic rings. The predicted molar refractivity (Wildman–Crippen MR) is 105 cm³/mol. The van der Waals surface area contributed by atoms with Crippen LogP contribution >= 0.6 is 0 Å². The lowest BCUT2D eigenvalue weighted by Gasteiger charge is -2.07. The quantitative estimate of drug-likeness (QED) is 0.343. The van der Waals surface area contributed by atoms with Crippen LogP contribution in [0.25, 0.3) is 33.3 Å². The molecule has 0 spiro atoms. The summed E-state index contributed by atoms with van der Waals surface area (Å²) in [6.07, 6.45) is 0. The second-order valence-electron chi connectivity index (χ2n) is 6.35. The second-order valence-corrected chi connectivity index (χ2v) is 6.35. The first-order valence-electron chi connectivity index (χ1n) is 8.70. The van der Waals surface area contributed by atoms with Gasteiger partial charge in [0.1, 0.15) is 17.2 Å². The molecule has 0 aliphatic rings. The number of halogens is 1. The van der Waals surface area contributed by atoms with Crippen molar-refractivity contribution >= 4 is 33.3 Å². The molecule has 0 fully saturated rings. The van der Waals surface area contributed by atoms with Crippen molar-refractivity contribution in [3.63, 3.8) is 0 Å². The highest BCUT2D eigenvalue weighted by molar-refractivity contribution is 5.98. The van der Waals surface area contributed by atoms with Crippen LogP contribution in [0.2, 0.25) is 0 Å². The number of nitrogens with zero attached hydrogens (tertiary/aromatic N) is 1. The third kappa shape index (κ3) is 3.00. The van der Waals surface area contributed by atoms with E-state index >= 15 is 0 Å². The van der Waals surface area contributed by atoms with Gasteiger partial charge in [0, 0.05) is 5.69 Å². The van der Waals surface area contributed by atoms with E-state index in [1.54, 1.807) is 6.07 Å². The normalized spacial score (nSPS) is 11.3. The monoisotopic (exact) mass is 367 g/mol. The molecule has 138 valence electrons. The Morgan fingerprint density at radius 1 is 1.22 bits per heavy atom. The molecule has 0 aliphatic carbocycles. The Labute approximate surface area is 153 Å². The molecule has 4 rings (SSSR count). The standard InChI is InChI=1S/C19H19FN6O/c1-22-7-8-23-10-5-6-12-14(9-10)25-18(24-12)16-17(21)15-11(20)3-2-4-13(15)26-19(16)27/h2-6,9,22-23H,7-8H2,1H3,(H,24,25)(H3,21,26,27)/p+1. The molecule has 0 radical (unpaired) electrons. The summed E-state index contributed by atoms with van der Waals surface area (Å²) in [6.45, 7) is 1.79. The first kappa shape index (κ1) is 17.0. The summed E-state index contributed by atoms with van der Waals surface area (Å²) >= 11 is 0. The minimum absolute atomic E-state index is 0.0720.